The second-order valence-electron chi connectivity index (χ2n) is 3.97. The molecule has 1 rings (SSSR count). The summed E-state index contributed by atoms with van der Waals surface area (Å²) in [5.41, 5.74) is 4.88. The lowest BCUT2D eigenvalue weighted by Crippen LogP contribution is -2.41. The van der Waals surface area contributed by atoms with E-state index in [2.05, 4.69) is 0 Å². The van der Waals surface area contributed by atoms with Gasteiger partial charge in [0.25, 0.3) is 0 Å². The zero-order valence-corrected chi connectivity index (χ0v) is 11.1. The fourth-order valence-electron chi connectivity index (χ4n) is 1.39. The van der Waals surface area contributed by atoms with Gasteiger partial charge < -0.3 is 10.8 Å². The Labute approximate surface area is 114 Å². The van der Waals surface area contributed by atoms with Crippen LogP contribution in [-0.2, 0) is 19.6 Å². The minimum Gasteiger partial charge on any atom is -0.480 e. The van der Waals surface area contributed by atoms with Crippen molar-refractivity contribution in [2.24, 2.45) is 5.73 Å². The lowest BCUT2D eigenvalue weighted by Gasteiger charge is -2.14. The Balaban J connectivity index is 2.88. The minimum absolute atomic E-state index is 0.273. The molecule has 0 aliphatic carbocycles. The van der Waals surface area contributed by atoms with Crippen LogP contribution in [0.3, 0.4) is 0 Å². The van der Waals surface area contributed by atoms with Crippen molar-refractivity contribution < 1.29 is 27.5 Å². The highest BCUT2D eigenvalue weighted by Gasteiger charge is 2.25. The number of nitrogens with two attached hydrogens (primary N) is 1. The summed E-state index contributed by atoms with van der Waals surface area (Å²) < 4.78 is 38.4. The second kappa shape index (κ2) is 6.44. The number of amides is 1. The Morgan fingerprint density at radius 2 is 1.85 bits per heavy atom. The van der Waals surface area contributed by atoms with Crippen LogP contribution in [0.15, 0.2) is 29.2 Å². The number of carbonyl (C=O) groups excluding carboxylic acids is 1. The maximum atomic E-state index is 12.7. The number of carboxylic acid groups (broad SMARTS) is 1. The van der Waals surface area contributed by atoms with Gasteiger partial charge in [0.2, 0.25) is 15.9 Å². The SMILES string of the molecule is NC(=O)CC[C@H](NS(=O)(=O)c1ccc(F)cc1)C(=O)O. The molecule has 0 aliphatic rings. The molecule has 0 fully saturated rings. The predicted molar refractivity (Wildman–Crippen MR) is 66.6 cm³/mol. The van der Waals surface area contributed by atoms with Gasteiger partial charge in [0.1, 0.15) is 11.9 Å². The molecule has 0 bridgehead atoms. The van der Waals surface area contributed by atoms with E-state index in [-0.39, 0.29) is 17.7 Å². The highest BCUT2D eigenvalue weighted by atomic mass is 32.2. The molecule has 0 unspecified atom stereocenters. The summed E-state index contributed by atoms with van der Waals surface area (Å²) in [5, 5.41) is 8.90. The minimum atomic E-state index is -4.12. The highest BCUT2D eigenvalue weighted by molar-refractivity contribution is 7.89. The third-order valence-corrected chi connectivity index (χ3v) is 3.89. The molecule has 0 saturated carbocycles. The van der Waals surface area contributed by atoms with Crippen molar-refractivity contribution in [1.29, 1.82) is 0 Å². The third-order valence-electron chi connectivity index (χ3n) is 2.40. The van der Waals surface area contributed by atoms with Gasteiger partial charge in [-0.2, -0.15) is 4.72 Å². The van der Waals surface area contributed by atoms with Gasteiger partial charge in [-0.05, 0) is 30.7 Å². The highest BCUT2D eigenvalue weighted by Crippen LogP contribution is 2.11. The number of hydrogen-bond donors (Lipinski definition) is 3. The molecule has 0 radical (unpaired) electrons. The number of primary amides is 1. The summed E-state index contributed by atoms with van der Waals surface area (Å²) in [6.45, 7) is 0. The first-order valence-electron chi connectivity index (χ1n) is 5.51. The molecule has 0 heterocycles. The van der Waals surface area contributed by atoms with E-state index in [4.69, 9.17) is 10.8 Å². The van der Waals surface area contributed by atoms with E-state index in [1.165, 1.54) is 0 Å². The van der Waals surface area contributed by atoms with Crippen molar-refractivity contribution in [3.63, 3.8) is 0 Å². The van der Waals surface area contributed by atoms with Gasteiger partial charge in [0.15, 0.2) is 0 Å². The molecule has 1 aromatic rings. The van der Waals surface area contributed by atoms with Crippen molar-refractivity contribution in [2.75, 3.05) is 0 Å². The Hall–Kier alpha value is -2.00. The maximum Gasteiger partial charge on any atom is 0.321 e. The number of hydrogen-bond acceptors (Lipinski definition) is 4. The number of carbonyl (C=O) groups is 2. The van der Waals surface area contributed by atoms with E-state index in [1.54, 1.807) is 0 Å². The summed E-state index contributed by atoms with van der Waals surface area (Å²) in [7, 11) is -4.12. The van der Waals surface area contributed by atoms with Crippen molar-refractivity contribution in [3.8, 4) is 0 Å². The normalized spacial score (nSPS) is 12.8. The molecule has 20 heavy (non-hydrogen) atoms. The Kier molecular flexibility index (Phi) is 5.17. The zero-order valence-electron chi connectivity index (χ0n) is 10.2. The molecule has 0 spiro atoms. The summed E-state index contributed by atoms with van der Waals surface area (Å²) >= 11 is 0. The van der Waals surface area contributed by atoms with Gasteiger partial charge in [-0.3, -0.25) is 9.59 Å². The number of rotatable bonds is 7. The monoisotopic (exact) mass is 304 g/mol. The summed E-state index contributed by atoms with van der Waals surface area (Å²) in [5.74, 6) is -2.79. The van der Waals surface area contributed by atoms with Gasteiger partial charge in [0, 0.05) is 6.42 Å². The zero-order chi connectivity index (χ0) is 15.3. The largest absolute Gasteiger partial charge is 0.480 e. The average Bonchev–Trinajstić information content (AvgIpc) is 2.34. The number of aliphatic carboxylic acids is 1. The molecular formula is C11H13FN2O5S. The smallest absolute Gasteiger partial charge is 0.321 e. The first-order valence-corrected chi connectivity index (χ1v) is 6.99. The van der Waals surface area contributed by atoms with Gasteiger partial charge in [-0.1, -0.05) is 0 Å². The molecule has 0 aromatic heterocycles. The topological polar surface area (TPSA) is 127 Å². The molecule has 0 saturated heterocycles. The van der Waals surface area contributed by atoms with Crippen LogP contribution in [-0.4, -0.2) is 31.4 Å². The van der Waals surface area contributed by atoms with Gasteiger partial charge in [0.05, 0.1) is 4.90 Å². The van der Waals surface area contributed by atoms with E-state index in [0.717, 1.165) is 24.3 Å². The van der Waals surface area contributed by atoms with Crippen molar-refractivity contribution in [1.82, 2.24) is 4.72 Å². The Bertz CT molecular complexity index is 600. The first-order chi connectivity index (χ1) is 9.22. The first kappa shape index (κ1) is 16.1. The molecule has 0 aliphatic heterocycles. The van der Waals surface area contributed by atoms with E-state index in [1.807, 2.05) is 4.72 Å². The van der Waals surface area contributed by atoms with Crippen LogP contribution in [0.5, 0.6) is 0 Å². The molecular weight excluding hydrogens is 291 g/mol. The second-order valence-corrected chi connectivity index (χ2v) is 5.68. The number of benzene rings is 1. The molecule has 9 heteroatoms. The maximum absolute atomic E-state index is 12.7. The average molecular weight is 304 g/mol. The molecule has 1 atom stereocenters. The summed E-state index contributed by atoms with van der Waals surface area (Å²) in [6.07, 6.45) is -0.548. The van der Waals surface area contributed by atoms with Gasteiger partial charge >= 0.3 is 5.97 Å². The van der Waals surface area contributed by atoms with Crippen LogP contribution in [0.2, 0.25) is 0 Å². The third kappa shape index (κ3) is 4.59. The van der Waals surface area contributed by atoms with Crippen LogP contribution in [0.1, 0.15) is 12.8 Å². The van der Waals surface area contributed by atoms with Crippen LogP contribution < -0.4 is 10.5 Å². The fourth-order valence-corrected chi connectivity index (χ4v) is 2.61. The van der Waals surface area contributed by atoms with Gasteiger partial charge in [-0.15, -0.1) is 0 Å². The quantitative estimate of drug-likeness (QED) is 0.644. The predicted octanol–water partition coefficient (Wildman–Crippen LogP) is -0.177. The van der Waals surface area contributed by atoms with Crippen molar-refractivity contribution in [3.05, 3.63) is 30.1 Å². The Morgan fingerprint density at radius 3 is 2.30 bits per heavy atom. The molecule has 110 valence electrons. The molecule has 1 aromatic carbocycles. The lowest BCUT2D eigenvalue weighted by atomic mass is 10.2. The van der Waals surface area contributed by atoms with Crippen molar-refractivity contribution >= 4 is 21.9 Å². The fraction of sp³-hybridized carbons (Fsp3) is 0.273. The number of halogens is 1. The van der Waals surface area contributed by atoms with Gasteiger partial charge in [-0.25, -0.2) is 12.8 Å². The van der Waals surface area contributed by atoms with Crippen LogP contribution in [0.25, 0.3) is 0 Å². The Morgan fingerprint density at radius 1 is 1.30 bits per heavy atom. The van der Waals surface area contributed by atoms with Crippen LogP contribution >= 0.6 is 0 Å². The van der Waals surface area contributed by atoms with E-state index in [0.29, 0.717) is 0 Å². The van der Waals surface area contributed by atoms with E-state index in [9.17, 15) is 22.4 Å². The van der Waals surface area contributed by atoms with Crippen LogP contribution in [0, 0.1) is 5.82 Å². The molecule has 4 N–H and O–H groups in total. The lowest BCUT2D eigenvalue weighted by molar-refractivity contribution is -0.139. The molecule has 7 nitrogen and oxygen atoms in total. The van der Waals surface area contributed by atoms with Crippen LogP contribution in [0.4, 0.5) is 4.39 Å². The summed E-state index contributed by atoms with van der Waals surface area (Å²) in [4.78, 5) is 21.3. The standard InChI is InChI=1S/C11H13FN2O5S/c12-7-1-3-8(4-2-7)20(18,19)14-9(11(16)17)5-6-10(13)15/h1-4,9,14H,5-6H2,(H2,13,15)(H,16,17)/t9-/m0/s1. The number of sulfonamides is 1. The van der Waals surface area contributed by atoms with E-state index >= 15 is 0 Å². The summed E-state index contributed by atoms with van der Waals surface area (Å²) in [6, 6.07) is 2.40. The molecule has 1 amide bonds. The number of carboxylic acids is 1. The van der Waals surface area contributed by atoms with Crippen molar-refractivity contribution in [2.45, 2.75) is 23.8 Å². The van der Waals surface area contributed by atoms with E-state index < -0.39 is 33.8 Å². The number of nitrogens with one attached hydrogen (secondary N) is 1.